The number of ether oxygens (including phenoxy) is 1. The zero-order chi connectivity index (χ0) is 22.1. The molecule has 1 aromatic carbocycles. The molecule has 0 bridgehead atoms. The van der Waals surface area contributed by atoms with E-state index < -0.39 is 6.04 Å². The third kappa shape index (κ3) is 3.87. The molecule has 2 aromatic heterocycles. The molecule has 4 heterocycles. The normalized spacial score (nSPS) is 20.7. The van der Waals surface area contributed by atoms with Gasteiger partial charge in [-0.15, -0.1) is 11.3 Å². The number of fused-ring (bicyclic) bond motifs is 1. The number of methoxy groups -OCH3 is 1. The fourth-order valence-corrected chi connectivity index (χ4v) is 5.20. The summed E-state index contributed by atoms with van der Waals surface area (Å²) in [4.78, 5) is 29.0. The second-order valence-corrected chi connectivity index (χ2v) is 8.89. The zero-order valence-corrected chi connectivity index (χ0v) is 18.5. The first kappa shape index (κ1) is 20.7. The van der Waals surface area contributed by atoms with E-state index in [1.165, 1.54) is 7.11 Å². The lowest BCUT2D eigenvalue weighted by molar-refractivity contribution is -0.149. The van der Waals surface area contributed by atoms with Crippen LogP contribution in [-0.2, 0) is 27.3 Å². The first-order valence-electron chi connectivity index (χ1n) is 10.5. The van der Waals surface area contributed by atoms with Gasteiger partial charge in [0.2, 0.25) is 0 Å². The average molecular weight is 450 g/mol. The van der Waals surface area contributed by atoms with Crippen LogP contribution in [0.15, 0.2) is 69.7 Å². The SMILES string of the molecule is COC(=O)C1Cc2ccccc2CN1CC(=O)N1N=C(c2ccco2)CC1c1cccs1. The second kappa shape index (κ2) is 8.72. The van der Waals surface area contributed by atoms with Crippen molar-refractivity contribution in [2.75, 3.05) is 13.7 Å². The summed E-state index contributed by atoms with van der Waals surface area (Å²) in [6.45, 7) is 0.582. The molecule has 3 aromatic rings. The van der Waals surface area contributed by atoms with Gasteiger partial charge >= 0.3 is 5.97 Å². The number of nitrogens with zero attached hydrogens (tertiary/aromatic N) is 3. The van der Waals surface area contributed by atoms with Crippen LogP contribution >= 0.6 is 11.3 Å². The number of rotatable bonds is 5. The van der Waals surface area contributed by atoms with Crippen LogP contribution in [0.3, 0.4) is 0 Å². The maximum atomic E-state index is 13.5. The maximum Gasteiger partial charge on any atom is 0.323 e. The zero-order valence-electron chi connectivity index (χ0n) is 17.6. The quantitative estimate of drug-likeness (QED) is 0.556. The van der Waals surface area contributed by atoms with Crippen molar-refractivity contribution in [3.05, 3.63) is 81.9 Å². The van der Waals surface area contributed by atoms with Gasteiger partial charge in [0.05, 0.1) is 26.0 Å². The number of hydrogen-bond donors (Lipinski definition) is 0. The summed E-state index contributed by atoms with van der Waals surface area (Å²) in [6, 6.07) is 15.0. The van der Waals surface area contributed by atoms with Gasteiger partial charge < -0.3 is 9.15 Å². The Morgan fingerprint density at radius 2 is 1.97 bits per heavy atom. The summed E-state index contributed by atoms with van der Waals surface area (Å²) >= 11 is 1.60. The Kier molecular flexibility index (Phi) is 5.63. The molecule has 0 radical (unpaired) electrons. The van der Waals surface area contributed by atoms with Crippen LogP contribution in [0.1, 0.15) is 34.2 Å². The number of thiophene rings is 1. The molecule has 0 saturated carbocycles. The number of carbonyl (C=O) groups is 2. The number of hydrogen-bond acceptors (Lipinski definition) is 7. The van der Waals surface area contributed by atoms with Gasteiger partial charge in [-0.1, -0.05) is 30.3 Å². The topological polar surface area (TPSA) is 75.3 Å². The third-order valence-corrected chi connectivity index (χ3v) is 6.97. The lowest BCUT2D eigenvalue weighted by Gasteiger charge is -2.35. The Balaban J connectivity index is 1.42. The van der Waals surface area contributed by atoms with Gasteiger partial charge in [-0.2, -0.15) is 5.10 Å². The molecule has 2 atom stereocenters. The minimum Gasteiger partial charge on any atom is -0.468 e. The number of hydrazone groups is 1. The Morgan fingerprint density at radius 1 is 1.12 bits per heavy atom. The number of benzene rings is 1. The van der Waals surface area contributed by atoms with E-state index >= 15 is 0 Å². The van der Waals surface area contributed by atoms with Gasteiger partial charge in [0, 0.05) is 17.8 Å². The van der Waals surface area contributed by atoms with E-state index in [0.29, 0.717) is 25.1 Å². The molecule has 0 N–H and O–H groups in total. The van der Waals surface area contributed by atoms with Crippen molar-refractivity contribution in [1.82, 2.24) is 9.91 Å². The van der Waals surface area contributed by atoms with Crippen LogP contribution < -0.4 is 0 Å². The number of amides is 1. The monoisotopic (exact) mass is 449 g/mol. The van der Waals surface area contributed by atoms with Crippen LogP contribution in [0.2, 0.25) is 0 Å². The molecule has 164 valence electrons. The van der Waals surface area contributed by atoms with Crippen molar-refractivity contribution in [2.24, 2.45) is 5.10 Å². The molecule has 0 fully saturated rings. The predicted molar refractivity (Wildman–Crippen MR) is 120 cm³/mol. The fourth-order valence-electron chi connectivity index (χ4n) is 4.39. The molecule has 2 unspecified atom stereocenters. The van der Waals surface area contributed by atoms with Crippen molar-refractivity contribution in [3.8, 4) is 0 Å². The smallest absolute Gasteiger partial charge is 0.323 e. The Bertz CT molecular complexity index is 1140. The van der Waals surface area contributed by atoms with Crippen LogP contribution in [0, 0.1) is 0 Å². The molecule has 8 heteroatoms. The number of furan rings is 1. The van der Waals surface area contributed by atoms with Gasteiger partial charge in [0.1, 0.15) is 17.5 Å². The van der Waals surface area contributed by atoms with Crippen LogP contribution in [0.4, 0.5) is 0 Å². The van der Waals surface area contributed by atoms with Crippen molar-refractivity contribution in [3.63, 3.8) is 0 Å². The molecular formula is C24H23N3O4S. The molecule has 32 heavy (non-hydrogen) atoms. The van der Waals surface area contributed by atoms with Gasteiger partial charge in [0.15, 0.2) is 0 Å². The lowest BCUT2D eigenvalue weighted by Crippen LogP contribution is -2.50. The summed E-state index contributed by atoms with van der Waals surface area (Å²) < 4.78 is 10.6. The molecule has 7 nitrogen and oxygen atoms in total. The summed E-state index contributed by atoms with van der Waals surface area (Å²) in [5, 5.41) is 8.19. The van der Waals surface area contributed by atoms with E-state index in [-0.39, 0.29) is 24.5 Å². The van der Waals surface area contributed by atoms with Crippen LogP contribution in [0.5, 0.6) is 0 Å². The highest BCUT2D eigenvalue weighted by Gasteiger charge is 2.38. The lowest BCUT2D eigenvalue weighted by atomic mass is 9.94. The van der Waals surface area contributed by atoms with E-state index in [0.717, 1.165) is 21.7 Å². The predicted octanol–water partition coefficient (Wildman–Crippen LogP) is 3.62. The summed E-state index contributed by atoms with van der Waals surface area (Å²) in [5.74, 6) is 0.183. The summed E-state index contributed by atoms with van der Waals surface area (Å²) in [6.07, 6.45) is 2.71. The summed E-state index contributed by atoms with van der Waals surface area (Å²) in [7, 11) is 1.38. The molecule has 0 spiro atoms. The number of esters is 1. The minimum atomic E-state index is -0.504. The van der Waals surface area contributed by atoms with Crippen molar-refractivity contribution in [2.45, 2.75) is 31.5 Å². The average Bonchev–Trinajstić information content (AvgIpc) is 3.58. The Hall–Kier alpha value is -3.23. The molecular weight excluding hydrogens is 426 g/mol. The van der Waals surface area contributed by atoms with Crippen LogP contribution in [-0.4, -0.2) is 47.2 Å². The largest absolute Gasteiger partial charge is 0.468 e. The molecule has 2 aliphatic heterocycles. The highest BCUT2D eigenvalue weighted by molar-refractivity contribution is 7.10. The number of carbonyl (C=O) groups excluding carboxylic acids is 2. The maximum absolute atomic E-state index is 13.5. The van der Waals surface area contributed by atoms with Crippen molar-refractivity contribution >= 4 is 28.9 Å². The van der Waals surface area contributed by atoms with E-state index in [1.54, 1.807) is 22.6 Å². The molecule has 5 rings (SSSR count). The first-order valence-corrected chi connectivity index (χ1v) is 11.4. The van der Waals surface area contributed by atoms with Crippen molar-refractivity contribution < 1.29 is 18.7 Å². The minimum absolute atomic E-state index is 0.0743. The molecule has 0 aliphatic carbocycles. The second-order valence-electron chi connectivity index (χ2n) is 7.91. The Labute approximate surface area is 189 Å². The molecule has 1 amide bonds. The van der Waals surface area contributed by atoms with Crippen molar-refractivity contribution in [1.29, 1.82) is 0 Å². The molecule has 0 saturated heterocycles. The Morgan fingerprint density at radius 3 is 2.69 bits per heavy atom. The van der Waals surface area contributed by atoms with E-state index in [4.69, 9.17) is 9.15 Å². The third-order valence-electron chi connectivity index (χ3n) is 6.00. The van der Waals surface area contributed by atoms with Gasteiger partial charge in [-0.3, -0.25) is 14.5 Å². The van der Waals surface area contributed by atoms with Gasteiger partial charge in [-0.25, -0.2) is 5.01 Å². The fraction of sp³-hybridized carbons (Fsp3) is 0.292. The summed E-state index contributed by atoms with van der Waals surface area (Å²) in [5.41, 5.74) is 2.98. The highest BCUT2D eigenvalue weighted by Crippen LogP contribution is 2.35. The molecule has 2 aliphatic rings. The van der Waals surface area contributed by atoms with Crippen LogP contribution in [0.25, 0.3) is 0 Å². The van der Waals surface area contributed by atoms with E-state index in [1.807, 2.05) is 58.8 Å². The van der Waals surface area contributed by atoms with E-state index in [2.05, 4.69) is 5.10 Å². The van der Waals surface area contributed by atoms with Gasteiger partial charge in [-0.05, 0) is 41.1 Å². The van der Waals surface area contributed by atoms with Gasteiger partial charge in [0.25, 0.3) is 5.91 Å². The highest BCUT2D eigenvalue weighted by atomic mass is 32.1. The standard InChI is InChI=1S/C24H23N3O4S/c1-30-24(29)20-12-16-6-2-3-7-17(16)14-26(20)15-23(28)27-19(22-9-5-11-32-22)13-18(25-27)21-8-4-10-31-21/h2-11,19-20H,12-15H2,1H3. The first-order chi connectivity index (χ1) is 15.6. The van der Waals surface area contributed by atoms with E-state index in [9.17, 15) is 9.59 Å².